The van der Waals surface area contributed by atoms with Crippen LogP contribution in [0, 0.1) is 0 Å². The Bertz CT molecular complexity index is 502. The number of ether oxygens (including phenoxy) is 5. The summed E-state index contributed by atoms with van der Waals surface area (Å²) in [5.74, 6) is -3.03. The summed E-state index contributed by atoms with van der Waals surface area (Å²) in [6.45, 7) is 4.00. The molecule has 1 aliphatic rings. The number of aliphatic hydroxyl groups excluding tert-OH is 1. The zero-order valence-electron chi connectivity index (χ0n) is 13.7. The smallest absolute Gasteiger partial charge is 0.303 e. The number of esters is 4. The van der Waals surface area contributed by atoms with Gasteiger partial charge in [-0.05, 0) is 0 Å². The summed E-state index contributed by atoms with van der Waals surface area (Å²) in [5, 5.41) is 10.0. The number of rotatable bonds is 4. The lowest BCUT2D eigenvalue weighted by Crippen LogP contribution is -2.52. The van der Waals surface area contributed by atoms with Crippen LogP contribution in [0.2, 0.25) is 0 Å². The van der Waals surface area contributed by atoms with Gasteiger partial charge in [-0.2, -0.15) is 0 Å². The van der Waals surface area contributed by atoms with Gasteiger partial charge in [0.2, 0.25) is 0 Å². The van der Waals surface area contributed by atoms with Gasteiger partial charge in [0, 0.05) is 27.7 Å². The highest BCUT2D eigenvalue weighted by atomic mass is 16.7. The van der Waals surface area contributed by atoms with Gasteiger partial charge in [0.25, 0.3) is 0 Å². The Morgan fingerprint density at radius 3 is 1.62 bits per heavy atom. The first kappa shape index (κ1) is 19.8. The van der Waals surface area contributed by atoms with Gasteiger partial charge >= 0.3 is 23.9 Å². The lowest BCUT2D eigenvalue weighted by Gasteiger charge is -2.32. The summed E-state index contributed by atoms with van der Waals surface area (Å²) in [6, 6.07) is 0. The van der Waals surface area contributed by atoms with Gasteiger partial charge in [0.1, 0.15) is 0 Å². The predicted molar refractivity (Wildman–Crippen MR) is 74.2 cm³/mol. The van der Waals surface area contributed by atoms with Crippen molar-refractivity contribution < 1.29 is 48.0 Å². The van der Waals surface area contributed by atoms with Gasteiger partial charge in [-0.1, -0.05) is 0 Å². The van der Waals surface area contributed by atoms with Crippen LogP contribution in [0.1, 0.15) is 27.7 Å². The van der Waals surface area contributed by atoms with Crippen molar-refractivity contribution in [1.29, 1.82) is 0 Å². The molecule has 1 rings (SSSR count). The summed E-state index contributed by atoms with van der Waals surface area (Å²) in [7, 11) is 0. The van der Waals surface area contributed by atoms with E-state index in [0.29, 0.717) is 0 Å². The number of carbonyl (C=O) groups excluding carboxylic acids is 4. The fourth-order valence-electron chi connectivity index (χ4n) is 2.24. The van der Waals surface area contributed by atoms with Crippen molar-refractivity contribution in [2.75, 3.05) is 6.61 Å². The number of carbonyl (C=O) groups is 4. The number of aliphatic hydroxyl groups is 1. The van der Waals surface area contributed by atoms with E-state index in [4.69, 9.17) is 23.7 Å². The lowest BCUT2D eigenvalue weighted by atomic mass is 10.0. The third-order valence-corrected chi connectivity index (χ3v) is 2.95. The van der Waals surface area contributed by atoms with Crippen LogP contribution in [0.15, 0.2) is 0 Å². The molecule has 5 atom stereocenters. The molecule has 10 nitrogen and oxygen atoms in total. The quantitative estimate of drug-likeness (QED) is 0.501. The third-order valence-electron chi connectivity index (χ3n) is 2.95. The van der Waals surface area contributed by atoms with Crippen LogP contribution in [0.25, 0.3) is 0 Å². The predicted octanol–water partition coefficient (Wildman–Crippen LogP) is -0.938. The van der Waals surface area contributed by atoms with Crippen LogP contribution in [-0.4, -0.2) is 66.3 Å². The molecule has 0 aromatic heterocycles. The molecule has 0 aromatic rings. The molecule has 1 saturated heterocycles. The van der Waals surface area contributed by atoms with Crippen molar-refractivity contribution in [3.05, 3.63) is 0 Å². The maximum absolute atomic E-state index is 11.4. The average molecular weight is 348 g/mol. The maximum atomic E-state index is 11.4. The monoisotopic (exact) mass is 348 g/mol. The molecule has 10 heteroatoms. The molecule has 5 unspecified atom stereocenters. The van der Waals surface area contributed by atoms with Gasteiger partial charge in [0.15, 0.2) is 30.7 Å². The van der Waals surface area contributed by atoms with E-state index in [9.17, 15) is 24.3 Å². The van der Waals surface area contributed by atoms with Crippen LogP contribution in [0.5, 0.6) is 0 Å². The second-order valence-corrected chi connectivity index (χ2v) is 5.09. The molecule has 0 spiro atoms. The molecule has 0 radical (unpaired) electrons. The Kier molecular flexibility index (Phi) is 7.11. The molecule has 0 aliphatic carbocycles. The number of hydrogen-bond acceptors (Lipinski definition) is 10. The molecule has 1 N–H and O–H groups in total. The van der Waals surface area contributed by atoms with Crippen molar-refractivity contribution >= 4 is 23.9 Å². The van der Waals surface area contributed by atoms with E-state index in [0.717, 1.165) is 27.7 Å². The molecule has 0 amide bonds. The largest absolute Gasteiger partial charge is 0.456 e. The Morgan fingerprint density at radius 1 is 0.750 bits per heavy atom. The summed E-state index contributed by atoms with van der Waals surface area (Å²) >= 11 is 0. The van der Waals surface area contributed by atoms with Gasteiger partial charge < -0.3 is 28.8 Å². The SMILES string of the molecule is CC(=O)OC1COC(O)C(OC(C)=O)C(OC(C)=O)C1OC(C)=O. The van der Waals surface area contributed by atoms with Crippen LogP contribution >= 0.6 is 0 Å². The highest BCUT2D eigenvalue weighted by Crippen LogP contribution is 2.25. The topological polar surface area (TPSA) is 135 Å². The molecule has 1 aliphatic heterocycles. The van der Waals surface area contributed by atoms with Crippen LogP contribution in [0.4, 0.5) is 0 Å². The highest BCUT2D eigenvalue weighted by Gasteiger charge is 2.49. The van der Waals surface area contributed by atoms with E-state index in [-0.39, 0.29) is 6.61 Å². The van der Waals surface area contributed by atoms with Gasteiger partial charge in [-0.25, -0.2) is 0 Å². The van der Waals surface area contributed by atoms with Crippen LogP contribution in [0.3, 0.4) is 0 Å². The van der Waals surface area contributed by atoms with E-state index in [1.165, 1.54) is 0 Å². The van der Waals surface area contributed by atoms with Crippen LogP contribution < -0.4 is 0 Å². The Balaban J connectivity index is 3.25. The molecular weight excluding hydrogens is 328 g/mol. The molecule has 0 bridgehead atoms. The first-order chi connectivity index (χ1) is 11.1. The minimum absolute atomic E-state index is 0.367. The molecule has 24 heavy (non-hydrogen) atoms. The molecular formula is C14H20O10. The van der Waals surface area contributed by atoms with Crippen molar-refractivity contribution in [3.63, 3.8) is 0 Å². The molecule has 0 saturated carbocycles. The van der Waals surface area contributed by atoms with Gasteiger partial charge in [-0.3, -0.25) is 19.2 Å². The molecule has 1 fully saturated rings. The Hall–Kier alpha value is -2.20. The maximum Gasteiger partial charge on any atom is 0.303 e. The highest BCUT2D eigenvalue weighted by molar-refractivity contribution is 5.69. The van der Waals surface area contributed by atoms with E-state index < -0.39 is 54.6 Å². The number of hydrogen-bond donors (Lipinski definition) is 1. The first-order valence-corrected chi connectivity index (χ1v) is 7.10. The van der Waals surface area contributed by atoms with E-state index >= 15 is 0 Å². The Labute approximate surface area is 137 Å². The van der Waals surface area contributed by atoms with Crippen molar-refractivity contribution in [3.8, 4) is 0 Å². The minimum atomic E-state index is -1.68. The average Bonchev–Trinajstić information content (AvgIpc) is 2.52. The van der Waals surface area contributed by atoms with Crippen molar-refractivity contribution in [2.45, 2.75) is 58.4 Å². The van der Waals surface area contributed by atoms with E-state index in [2.05, 4.69) is 0 Å². The van der Waals surface area contributed by atoms with Gasteiger partial charge in [-0.15, -0.1) is 0 Å². The van der Waals surface area contributed by atoms with E-state index in [1.54, 1.807) is 0 Å². The summed E-state index contributed by atoms with van der Waals surface area (Å²) in [6.07, 6.45) is -7.10. The molecule has 0 aromatic carbocycles. The third kappa shape index (κ3) is 5.78. The zero-order valence-corrected chi connectivity index (χ0v) is 13.7. The van der Waals surface area contributed by atoms with Crippen LogP contribution in [-0.2, 0) is 42.9 Å². The van der Waals surface area contributed by atoms with Crippen molar-refractivity contribution in [1.82, 2.24) is 0 Å². The molecule has 136 valence electrons. The normalized spacial score (nSPS) is 29.8. The second kappa shape index (κ2) is 8.60. The fourth-order valence-corrected chi connectivity index (χ4v) is 2.24. The minimum Gasteiger partial charge on any atom is -0.456 e. The first-order valence-electron chi connectivity index (χ1n) is 7.10. The van der Waals surface area contributed by atoms with Crippen molar-refractivity contribution in [2.24, 2.45) is 0 Å². The Morgan fingerprint density at radius 2 is 1.17 bits per heavy atom. The fraction of sp³-hybridized carbons (Fsp3) is 0.714. The molecule has 1 heterocycles. The standard InChI is InChI=1S/C14H20O10/c1-6(15)21-10-5-20-14(19)13(24-9(4)18)12(23-8(3)17)11(10)22-7(2)16/h10-14,19H,5H2,1-4H3. The lowest BCUT2D eigenvalue weighted by molar-refractivity contribution is -0.214. The van der Waals surface area contributed by atoms with Gasteiger partial charge in [0.05, 0.1) is 6.61 Å². The summed E-state index contributed by atoms with van der Waals surface area (Å²) < 4.78 is 25.2. The zero-order chi connectivity index (χ0) is 18.4. The summed E-state index contributed by atoms with van der Waals surface area (Å²) in [4.78, 5) is 45.3. The second-order valence-electron chi connectivity index (χ2n) is 5.09. The summed E-state index contributed by atoms with van der Waals surface area (Å²) in [5.41, 5.74) is 0. The van der Waals surface area contributed by atoms with E-state index in [1.807, 2.05) is 0 Å².